The molecule has 1 heterocycles. The first-order valence-electron chi connectivity index (χ1n) is 6.77. The first kappa shape index (κ1) is 16.5. The van der Waals surface area contributed by atoms with E-state index in [0.717, 1.165) is 5.56 Å². The molecule has 2 atom stereocenters. The van der Waals surface area contributed by atoms with Gasteiger partial charge in [0.05, 0.1) is 19.3 Å². The van der Waals surface area contributed by atoms with Crippen LogP contribution >= 0.6 is 11.6 Å². The minimum atomic E-state index is -3.61. The molecule has 1 fully saturated rings. The number of hydrogen-bond donors (Lipinski definition) is 0. The van der Waals surface area contributed by atoms with E-state index in [0.29, 0.717) is 24.7 Å². The second-order valence-corrected chi connectivity index (χ2v) is 7.37. The van der Waals surface area contributed by atoms with Crippen LogP contribution < -0.4 is 4.74 Å². The van der Waals surface area contributed by atoms with E-state index < -0.39 is 10.0 Å². The average Bonchev–Trinajstić information content (AvgIpc) is 2.45. The molecule has 1 saturated heterocycles. The van der Waals surface area contributed by atoms with Gasteiger partial charge in [0.15, 0.2) is 0 Å². The van der Waals surface area contributed by atoms with Crippen LogP contribution in [-0.4, -0.2) is 45.1 Å². The first-order valence-corrected chi connectivity index (χ1v) is 8.74. The van der Waals surface area contributed by atoms with Crippen molar-refractivity contribution in [2.45, 2.75) is 36.8 Å². The van der Waals surface area contributed by atoms with Crippen molar-refractivity contribution in [1.29, 1.82) is 0 Å². The minimum Gasteiger partial charge on any atom is -0.495 e. The van der Waals surface area contributed by atoms with Gasteiger partial charge in [0, 0.05) is 19.0 Å². The Balaban J connectivity index is 2.39. The number of rotatable bonds is 4. The Labute approximate surface area is 130 Å². The molecule has 0 aromatic heterocycles. The molecule has 0 N–H and O–H groups in total. The molecule has 0 spiro atoms. The molecule has 1 aliphatic heterocycles. The smallest absolute Gasteiger partial charge is 0.246 e. The lowest BCUT2D eigenvalue weighted by Crippen LogP contribution is -2.48. The number of sulfonamides is 1. The van der Waals surface area contributed by atoms with E-state index in [9.17, 15) is 8.42 Å². The van der Waals surface area contributed by atoms with Gasteiger partial charge in [-0.3, -0.25) is 0 Å². The molecule has 0 saturated carbocycles. The number of alkyl halides is 1. The van der Waals surface area contributed by atoms with Crippen LogP contribution in [0.1, 0.15) is 19.4 Å². The molecule has 1 aliphatic rings. The molecule has 0 radical (unpaired) electrons. The van der Waals surface area contributed by atoms with Crippen LogP contribution in [0.4, 0.5) is 0 Å². The molecule has 7 heteroatoms. The Kier molecular flexibility index (Phi) is 5.14. The van der Waals surface area contributed by atoms with Gasteiger partial charge in [0.2, 0.25) is 10.0 Å². The Bertz CT molecular complexity index is 595. The highest BCUT2D eigenvalue weighted by molar-refractivity contribution is 7.89. The summed E-state index contributed by atoms with van der Waals surface area (Å²) < 4.78 is 37.9. The summed E-state index contributed by atoms with van der Waals surface area (Å²) in [5.74, 6) is 0.627. The first-order chi connectivity index (χ1) is 9.88. The van der Waals surface area contributed by atoms with E-state index >= 15 is 0 Å². The molecule has 21 heavy (non-hydrogen) atoms. The molecule has 0 amide bonds. The predicted octanol–water partition coefficient (Wildman–Crippen LogP) is 2.23. The molecule has 118 valence electrons. The van der Waals surface area contributed by atoms with E-state index in [-0.39, 0.29) is 17.1 Å². The van der Waals surface area contributed by atoms with E-state index in [2.05, 4.69) is 0 Å². The third-order valence-electron chi connectivity index (χ3n) is 3.39. The average molecular weight is 334 g/mol. The molecular weight excluding hydrogens is 314 g/mol. The third kappa shape index (κ3) is 3.51. The summed E-state index contributed by atoms with van der Waals surface area (Å²) in [6.07, 6.45) is -0.256. The predicted molar refractivity (Wildman–Crippen MR) is 81.3 cm³/mol. The fraction of sp³-hybridized carbons (Fsp3) is 0.571. The van der Waals surface area contributed by atoms with Gasteiger partial charge >= 0.3 is 0 Å². The van der Waals surface area contributed by atoms with Gasteiger partial charge in [0.25, 0.3) is 0 Å². The fourth-order valence-electron chi connectivity index (χ4n) is 2.47. The van der Waals surface area contributed by atoms with Crippen molar-refractivity contribution in [2.75, 3.05) is 20.2 Å². The molecule has 1 aromatic carbocycles. The monoisotopic (exact) mass is 333 g/mol. The molecular formula is C14H20ClNO4S. The van der Waals surface area contributed by atoms with Crippen LogP contribution in [0.5, 0.6) is 5.75 Å². The minimum absolute atomic E-state index is 0.128. The van der Waals surface area contributed by atoms with Crippen LogP contribution in [0.25, 0.3) is 0 Å². The summed E-state index contributed by atoms with van der Waals surface area (Å²) >= 11 is 5.78. The Morgan fingerprint density at radius 2 is 1.95 bits per heavy atom. The Morgan fingerprint density at radius 3 is 2.48 bits per heavy atom. The lowest BCUT2D eigenvalue weighted by atomic mass is 10.2. The number of methoxy groups -OCH3 is 1. The molecule has 0 bridgehead atoms. The molecule has 5 nitrogen and oxygen atoms in total. The van der Waals surface area contributed by atoms with Gasteiger partial charge in [0.1, 0.15) is 10.6 Å². The topological polar surface area (TPSA) is 55.8 Å². The maximum atomic E-state index is 12.8. The van der Waals surface area contributed by atoms with Crippen molar-refractivity contribution in [2.24, 2.45) is 0 Å². The van der Waals surface area contributed by atoms with Gasteiger partial charge < -0.3 is 9.47 Å². The number of hydrogen-bond acceptors (Lipinski definition) is 4. The standard InChI is InChI=1S/C14H20ClNO4S/c1-10-8-16(9-11(2)20-10)21(17,18)14-5-4-12(7-15)6-13(14)19-3/h4-6,10-11H,7-9H2,1-3H3. The zero-order valence-corrected chi connectivity index (χ0v) is 13.9. The highest BCUT2D eigenvalue weighted by Gasteiger charge is 2.33. The zero-order chi connectivity index (χ0) is 15.6. The highest BCUT2D eigenvalue weighted by Crippen LogP contribution is 2.30. The largest absolute Gasteiger partial charge is 0.495 e. The van der Waals surface area contributed by atoms with Gasteiger partial charge in [-0.1, -0.05) is 6.07 Å². The third-order valence-corrected chi connectivity index (χ3v) is 5.57. The normalized spacial score (nSPS) is 24.0. The summed E-state index contributed by atoms with van der Waals surface area (Å²) in [6, 6.07) is 4.92. The Hall–Kier alpha value is -0.820. The fourth-order valence-corrected chi connectivity index (χ4v) is 4.37. The van der Waals surface area contributed by atoms with Crippen LogP contribution in [0.2, 0.25) is 0 Å². The number of benzene rings is 1. The molecule has 0 aliphatic carbocycles. The van der Waals surface area contributed by atoms with Crippen LogP contribution in [0.15, 0.2) is 23.1 Å². The summed E-state index contributed by atoms with van der Waals surface area (Å²) in [6.45, 7) is 4.41. The number of ether oxygens (including phenoxy) is 2. The molecule has 2 unspecified atom stereocenters. The summed E-state index contributed by atoms with van der Waals surface area (Å²) in [5.41, 5.74) is 0.816. The van der Waals surface area contributed by atoms with E-state index in [1.165, 1.54) is 11.4 Å². The van der Waals surface area contributed by atoms with Crippen molar-refractivity contribution in [3.05, 3.63) is 23.8 Å². The summed E-state index contributed by atoms with van der Waals surface area (Å²) in [5, 5.41) is 0. The van der Waals surface area contributed by atoms with E-state index in [1.54, 1.807) is 18.2 Å². The van der Waals surface area contributed by atoms with Crippen LogP contribution in [-0.2, 0) is 20.6 Å². The Morgan fingerprint density at radius 1 is 1.33 bits per heavy atom. The van der Waals surface area contributed by atoms with Crippen molar-refractivity contribution in [3.8, 4) is 5.75 Å². The van der Waals surface area contributed by atoms with E-state index in [4.69, 9.17) is 21.1 Å². The van der Waals surface area contributed by atoms with E-state index in [1.807, 2.05) is 13.8 Å². The van der Waals surface area contributed by atoms with Crippen molar-refractivity contribution >= 4 is 21.6 Å². The summed E-state index contributed by atoms with van der Waals surface area (Å²) in [7, 11) is -2.16. The number of morpholine rings is 1. The number of nitrogens with zero attached hydrogens (tertiary/aromatic N) is 1. The maximum absolute atomic E-state index is 12.8. The van der Waals surface area contributed by atoms with Crippen molar-refractivity contribution in [1.82, 2.24) is 4.31 Å². The van der Waals surface area contributed by atoms with Crippen molar-refractivity contribution < 1.29 is 17.9 Å². The van der Waals surface area contributed by atoms with Gasteiger partial charge in [-0.05, 0) is 31.5 Å². The van der Waals surface area contributed by atoms with Gasteiger partial charge in [-0.2, -0.15) is 4.31 Å². The van der Waals surface area contributed by atoms with Crippen LogP contribution in [0, 0.1) is 0 Å². The lowest BCUT2D eigenvalue weighted by Gasteiger charge is -2.34. The maximum Gasteiger partial charge on any atom is 0.246 e. The second-order valence-electron chi connectivity index (χ2n) is 5.20. The summed E-state index contributed by atoms with van der Waals surface area (Å²) in [4.78, 5) is 0.167. The molecule has 2 rings (SSSR count). The highest BCUT2D eigenvalue weighted by atomic mass is 35.5. The van der Waals surface area contributed by atoms with Gasteiger partial charge in [-0.25, -0.2) is 8.42 Å². The quantitative estimate of drug-likeness (QED) is 0.793. The van der Waals surface area contributed by atoms with Crippen molar-refractivity contribution in [3.63, 3.8) is 0 Å². The lowest BCUT2D eigenvalue weighted by molar-refractivity contribution is -0.0441. The van der Waals surface area contributed by atoms with Gasteiger partial charge in [-0.15, -0.1) is 11.6 Å². The van der Waals surface area contributed by atoms with Crippen LogP contribution in [0.3, 0.4) is 0 Å². The zero-order valence-electron chi connectivity index (χ0n) is 12.4. The second kappa shape index (κ2) is 6.52. The molecule has 1 aromatic rings. The number of halogens is 1. The SMILES string of the molecule is COc1cc(CCl)ccc1S(=O)(=O)N1CC(C)OC(C)C1.